The summed E-state index contributed by atoms with van der Waals surface area (Å²) >= 11 is 0. The van der Waals surface area contributed by atoms with Crippen molar-refractivity contribution < 1.29 is 43.2 Å². The summed E-state index contributed by atoms with van der Waals surface area (Å²) < 4.78 is 21.7. The predicted octanol–water partition coefficient (Wildman–Crippen LogP) is 2.20. The number of nitrogens with one attached hydrogen (secondary N) is 1. The van der Waals surface area contributed by atoms with E-state index >= 15 is 0 Å². The van der Waals surface area contributed by atoms with Crippen LogP contribution in [0, 0.1) is 11.3 Å². The van der Waals surface area contributed by atoms with Crippen LogP contribution >= 0.6 is 0 Å². The van der Waals surface area contributed by atoms with E-state index in [2.05, 4.69) is 10.3 Å². The number of hydrogen-bond donors (Lipinski definition) is 2. The third-order valence-corrected chi connectivity index (χ3v) is 5.92. The summed E-state index contributed by atoms with van der Waals surface area (Å²) in [5.74, 6) is -4.65. The quantitative estimate of drug-likeness (QED) is 0.422. The minimum atomic E-state index is -1.42. The molecule has 11 heteroatoms. The molecular formula is C27H32N2O9. The summed E-state index contributed by atoms with van der Waals surface area (Å²) in [4.78, 5) is 55.8. The van der Waals surface area contributed by atoms with Crippen molar-refractivity contribution in [3.63, 3.8) is 0 Å². The first-order chi connectivity index (χ1) is 17.9. The average Bonchev–Trinajstić information content (AvgIpc) is 2.90. The molecule has 1 aliphatic heterocycles. The highest BCUT2D eigenvalue weighted by Gasteiger charge is 2.43. The number of benzene rings is 1. The molecule has 1 fully saturated rings. The first-order valence-corrected chi connectivity index (χ1v) is 12.1. The van der Waals surface area contributed by atoms with Gasteiger partial charge < -0.3 is 29.4 Å². The fourth-order valence-electron chi connectivity index (χ4n) is 3.77. The molecule has 2 heterocycles. The highest BCUT2D eigenvalue weighted by atomic mass is 16.6. The van der Waals surface area contributed by atoms with Crippen LogP contribution in [0.4, 0.5) is 0 Å². The van der Waals surface area contributed by atoms with Crippen LogP contribution in [0.5, 0.6) is 11.5 Å². The predicted molar refractivity (Wildman–Crippen MR) is 133 cm³/mol. The van der Waals surface area contributed by atoms with E-state index in [1.165, 1.54) is 26.3 Å². The zero-order valence-corrected chi connectivity index (χ0v) is 21.9. The molecule has 1 saturated heterocycles. The van der Waals surface area contributed by atoms with Crippen molar-refractivity contribution in [3.8, 4) is 11.5 Å². The van der Waals surface area contributed by atoms with Crippen LogP contribution in [0.25, 0.3) is 0 Å². The number of carbonyl (C=O) groups is 4. The number of aromatic nitrogens is 1. The van der Waals surface area contributed by atoms with Crippen LogP contribution in [0.3, 0.4) is 0 Å². The van der Waals surface area contributed by atoms with Crippen molar-refractivity contribution in [2.75, 3.05) is 13.7 Å². The zero-order valence-electron chi connectivity index (χ0n) is 21.9. The molecule has 1 aromatic carbocycles. The summed E-state index contributed by atoms with van der Waals surface area (Å²) in [5, 5.41) is 12.6. The molecule has 2 N–H and O–H groups in total. The number of aromatic hydroxyl groups is 1. The molecule has 1 amide bonds. The second kappa shape index (κ2) is 11.9. The largest absolute Gasteiger partial charge is 0.503 e. The molecule has 3 rings (SSSR count). The van der Waals surface area contributed by atoms with Crippen LogP contribution in [0.15, 0.2) is 42.6 Å². The van der Waals surface area contributed by atoms with Crippen LogP contribution in [-0.4, -0.2) is 65.9 Å². The van der Waals surface area contributed by atoms with Crippen LogP contribution in [0.2, 0.25) is 0 Å². The van der Waals surface area contributed by atoms with Crippen molar-refractivity contribution in [1.82, 2.24) is 10.3 Å². The molecule has 0 bridgehead atoms. The number of methoxy groups -OCH3 is 1. The van der Waals surface area contributed by atoms with E-state index in [1.54, 1.807) is 20.8 Å². The third kappa shape index (κ3) is 6.78. The Bertz CT molecular complexity index is 1180. The maximum absolute atomic E-state index is 13.3. The van der Waals surface area contributed by atoms with Crippen molar-refractivity contribution in [2.45, 2.75) is 52.4 Å². The molecule has 0 spiro atoms. The van der Waals surface area contributed by atoms with Gasteiger partial charge in [0, 0.05) is 12.3 Å². The molecule has 1 aromatic heterocycles. The fraction of sp³-hybridized carbons (Fsp3) is 0.444. The molecule has 2 aromatic rings. The molecule has 0 radical (unpaired) electrons. The maximum atomic E-state index is 13.3. The Balaban J connectivity index is 1.89. The molecule has 38 heavy (non-hydrogen) atoms. The van der Waals surface area contributed by atoms with E-state index in [1.807, 2.05) is 30.3 Å². The summed E-state index contributed by atoms with van der Waals surface area (Å²) in [5.41, 5.74) is -0.491. The van der Waals surface area contributed by atoms with Gasteiger partial charge in [-0.15, -0.1) is 0 Å². The van der Waals surface area contributed by atoms with E-state index in [-0.39, 0.29) is 12.2 Å². The Morgan fingerprint density at radius 3 is 2.45 bits per heavy atom. The van der Waals surface area contributed by atoms with Crippen molar-refractivity contribution in [3.05, 3.63) is 53.9 Å². The minimum absolute atomic E-state index is 0.00880. The molecule has 0 saturated carbocycles. The second-order valence-corrected chi connectivity index (χ2v) is 9.92. The number of nitrogens with zero attached hydrogens (tertiary/aromatic N) is 1. The SMILES string of the molecule is COc1ccnc(C(=O)N[C@H]2COC(=O)[C@H](Cc3ccccc3)[C@@H](OC(=O)C(C)(C)C)[C@H](C)OC2=O)c1O. The zero-order chi connectivity index (χ0) is 28.0. The minimum Gasteiger partial charge on any atom is -0.503 e. The number of pyridine rings is 1. The maximum Gasteiger partial charge on any atom is 0.332 e. The second-order valence-electron chi connectivity index (χ2n) is 9.92. The summed E-state index contributed by atoms with van der Waals surface area (Å²) in [7, 11) is 1.31. The fourth-order valence-corrected chi connectivity index (χ4v) is 3.77. The Kier molecular flexibility index (Phi) is 8.92. The lowest BCUT2D eigenvalue weighted by Crippen LogP contribution is -2.47. The number of ether oxygens (including phenoxy) is 4. The van der Waals surface area contributed by atoms with E-state index in [9.17, 15) is 24.3 Å². The van der Waals surface area contributed by atoms with Gasteiger partial charge in [-0.3, -0.25) is 14.4 Å². The first-order valence-electron chi connectivity index (χ1n) is 12.1. The van der Waals surface area contributed by atoms with Crippen LogP contribution < -0.4 is 10.1 Å². The van der Waals surface area contributed by atoms with Crippen LogP contribution in [-0.2, 0) is 35.0 Å². The first kappa shape index (κ1) is 28.4. The van der Waals surface area contributed by atoms with Gasteiger partial charge >= 0.3 is 17.9 Å². The number of rotatable bonds is 6. The molecule has 1 aliphatic rings. The average molecular weight is 529 g/mol. The van der Waals surface area contributed by atoms with Gasteiger partial charge in [-0.1, -0.05) is 30.3 Å². The Morgan fingerprint density at radius 1 is 1.13 bits per heavy atom. The number of cyclic esters (lactones) is 2. The van der Waals surface area contributed by atoms with Gasteiger partial charge in [0.2, 0.25) is 0 Å². The van der Waals surface area contributed by atoms with Gasteiger partial charge in [-0.25, -0.2) is 9.78 Å². The Hall–Kier alpha value is -4.15. The van der Waals surface area contributed by atoms with Crippen molar-refractivity contribution in [2.24, 2.45) is 11.3 Å². The third-order valence-electron chi connectivity index (χ3n) is 5.92. The molecule has 0 aliphatic carbocycles. The normalized spacial score (nSPS) is 22.1. The van der Waals surface area contributed by atoms with Crippen molar-refractivity contribution in [1.29, 1.82) is 0 Å². The number of hydrogen-bond acceptors (Lipinski definition) is 10. The van der Waals surface area contributed by atoms with E-state index in [0.29, 0.717) is 0 Å². The number of esters is 3. The lowest BCUT2D eigenvalue weighted by molar-refractivity contribution is -0.180. The van der Waals surface area contributed by atoms with Gasteiger partial charge in [0.25, 0.3) is 5.91 Å². The van der Waals surface area contributed by atoms with E-state index in [4.69, 9.17) is 18.9 Å². The summed E-state index contributed by atoms with van der Waals surface area (Å²) in [6.45, 7) is 5.95. The monoisotopic (exact) mass is 528 g/mol. The molecule has 4 atom stereocenters. The number of amides is 1. The van der Waals surface area contributed by atoms with Crippen LogP contribution in [0.1, 0.15) is 43.7 Å². The Labute approximate surface area is 220 Å². The molecule has 0 unspecified atom stereocenters. The van der Waals surface area contributed by atoms with Gasteiger partial charge in [0.15, 0.2) is 29.3 Å². The summed E-state index contributed by atoms with van der Waals surface area (Å²) in [6.07, 6.45) is -0.811. The summed E-state index contributed by atoms with van der Waals surface area (Å²) in [6, 6.07) is 9.01. The highest BCUT2D eigenvalue weighted by Crippen LogP contribution is 2.29. The van der Waals surface area contributed by atoms with Gasteiger partial charge in [0.1, 0.15) is 18.6 Å². The molecular weight excluding hydrogens is 496 g/mol. The topological polar surface area (TPSA) is 150 Å². The standard InChI is InChI=1S/C27H32N2O9/c1-15-22(38-26(34)27(2,3)4)17(13-16-9-7-6-8-10-16)24(32)36-14-18(25(33)37-15)29-23(31)20-21(30)19(35-5)11-12-28-20/h6-12,15,17-18,22,30H,13-14H2,1-5H3,(H,29,31)/t15-,17+,18-,22-/m0/s1. The van der Waals surface area contributed by atoms with Gasteiger partial charge in [-0.05, 0) is 39.7 Å². The van der Waals surface area contributed by atoms with E-state index < -0.39 is 71.4 Å². The van der Waals surface area contributed by atoms with E-state index in [0.717, 1.165) is 5.56 Å². The number of carbonyl (C=O) groups excluding carboxylic acids is 4. The highest BCUT2D eigenvalue weighted by molar-refractivity contribution is 5.98. The lowest BCUT2D eigenvalue weighted by Gasteiger charge is -2.31. The Morgan fingerprint density at radius 2 is 1.82 bits per heavy atom. The molecule has 204 valence electrons. The smallest absolute Gasteiger partial charge is 0.332 e. The van der Waals surface area contributed by atoms with Gasteiger partial charge in [-0.2, -0.15) is 0 Å². The van der Waals surface area contributed by atoms with Gasteiger partial charge in [0.05, 0.1) is 12.5 Å². The molecule has 11 nitrogen and oxygen atoms in total. The van der Waals surface area contributed by atoms with Crippen molar-refractivity contribution >= 4 is 23.8 Å². The lowest BCUT2D eigenvalue weighted by atomic mass is 9.90.